The number of nitrogens with zero attached hydrogens (tertiary/aromatic N) is 1. The Morgan fingerprint density at radius 1 is 1.07 bits per heavy atom. The number of urea groups is 1. The number of benzene rings is 2. The second-order valence-corrected chi connectivity index (χ2v) is 7.26. The van der Waals surface area contributed by atoms with Gasteiger partial charge in [0.05, 0.1) is 23.4 Å². The standard InChI is InChI=1S/C22H21BrN2O5/c1-3-10-30-19-17(23)12-14(13-18(19)29-4-2)11-16-20(26)24-22(28)25(21(16)27)15-8-6-5-7-9-15/h5-9,11-13H,3-4,10H2,1-2H3,(H,24,26,28)/b16-11+. The fourth-order valence-corrected chi connectivity index (χ4v) is 3.49. The first kappa shape index (κ1) is 21.6. The zero-order chi connectivity index (χ0) is 21.7. The molecule has 0 aliphatic carbocycles. The van der Waals surface area contributed by atoms with E-state index in [4.69, 9.17) is 9.47 Å². The molecule has 2 aromatic carbocycles. The lowest BCUT2D eigenvalue weighted by atomic mass is 10.1. The minimum atomic E-state index is -0.784. The maximum absolute atomic E-state index is 13.0. The molecule has 4 amide bonds. The van der Waals surface area contributed by atoms with Crippen LogP contribution in [0.3, 0.4) is 0 Å². The van der Waals surface area contributed by atoms with Crippen LogP contribution < -0.4 is 19.7 Å². The van der Waals surface area contributed by atoms with Gasteiger partial charge >= 0.3 is 6.03 Å². The molecule has 1 aliphatic rings. The minimum Gasteiger partial charge on any atom is -0.490 e. The number of carbonyl (C=O) groups excluding carboxylic acids is 3. The van der Waals surface area contributed by atoms with Crippen LogP contribution in [0.5, 0.6) is 11.5 Å². The van der Waals surface area contributed by atoms with Gasteiger partial charge in [-0.05, 0) is 65.2 Å². The number of hydrogen-bond donors (Lipinski definition) is 1. The number of rotatable bonds is 7. The van der Waals surface area contributed by atoms with E-state index in [1.165, 1.54) is 6.08 Å². The van der Waals surface area contributed by atoms with Crippen LogP contribution in [0.15, 0.2) is 52.5 Å². The largest absolute Gasteiger partial charge is 0.490 e. The molecule has 1 heterocycles. The van der Waals surface area contributed by atoms with Crippen molar-refractivity contribution >= 4 is 45.5 Å². The number of halogens is 1. The van der Waals surface area contributed by atoms with Gasteiger partial charge in [0.25, 0.3) is 11.8 Å². The Morgan fingerprint density at radius 2 is 1.80 bits per heavy atom. The molecule has 0 atom stereocenters. The van der Waals surface area contributed by atoms with Crippen molar-refractivity contribution in [1.29, 1.82) is 0 Å². The lowest BCUT2D eigenvalue weighted by molar-refractivity contribution is -0.122. The molecule has 0 aromatic heterocycles. The molecule has 1 N–H and O–H groups in total. The van der Waals surface area contributed by atoms with Crippen LogP contribution in [0.25, 0.3) is 6.08 Å². The highest BCUT2D eigenvalue weighted by Crippen LogP contribution is 2.38. The molecule has 7 nitrogen and oxygen atoms in total. The van der Waals surface area contributed by atoms with Crippen molar-refractivity contribution in [3.8, 4) is 11.5 Å². The summed E-state index contributed by atoms with van der Waals surface area (Å²) >= 11 is 3.47. The van der Waals surface area contributed by atoms with Gasteiger partial charge in [-0.25, -0.2) is 9.69 Å². The lowest BCUT2D eigenvalue weighted by Gasteiger charge is -2.26. The van der Waals surface area contributed by atoms with E-state index in [-0.39, 0.29) is 5.57 Å². The first-order chi connectivity index (χ1) is 14.5. The molecular formula is C22H21BrN2O5. The van der Waals surface area contributed by atoms with Crippen molar-refractivity contribution < 1.29 is 23.9 Å². The summed E-state index contributed by atoms with van der Waals surface area (Å²) in [4.78, 5) is 38.5. The molecule has 30 heavy (non-hydrogen) atoms. The molecule has 0 bridgehead atoms. The van der Waals surface area contributed by atoms with Crippen LogP contribution in [-0.4, -0.2) is 31.1 Å². The highest BCUT2D eigenvalue weighted by molar-refractivity contribution is 9.10. The molecule has 0 unspecified atom stereocenters. The Balaban J connectivity index is 2.01. The Labute approximate surface area is 182 Å². The maximum Gasteiger partial charge on any atom is 0.335 e. The Hall–Kier alpha value is -3.13. The summed E-state index contributed by atoms with van der Waals surface area (Å²) in [6, 6.07) is 11.1. The quantitative estimate of drug-likeness (QED) is 0.479. The molecule has 3 rings (SSSR count). The van der Waals surface area contributed by atoms with E-state index >= 15 is 0 Å². The van der Waals surface area contributed by atoms with Gasteiger partial charge in [0.2, 0.25) is 0 Å². The molecule has 0 spiro atoms. The highest BCUT2D eigenvalue weighted by Gasteiger charge is 2.36. The lowest BCUT2D eigenvalue weighted by Crippen LogP contribution is -2.54. The molecule has 1 saturated heterocycles. The van der Waals surface area contributed by atoms with Crippen LogP contribution in [0.1, 0.15) is 25.8 Å². The van der Waals surface area contributed by atoms with Crippen LogP contribution in [-0.2, 0) is 9.59 Å². The molecule has 1 aliphatic heterocycles. The molecule has 2 aromatic rings. The van der Waals surface area contributed by atoms with Crippen LogP contribution in [0, 0.1) is 0 Å². The molecule has 0 radical (unpaired) electrons. The van der Waals surface area contributed by atoms with Crippen molar-refractivity contribution in [3.63, 3.8) is 0 Å². The molecule has 8 heteroatoms. The van der Waals surface area contributed by atoms with Crippen molar-refractivity contribution in [2.24, 2.45) is 0 Å². The predicted molar refractivity (Wildman–Crippen MR) is 117 cm³/mol. The van der Waals surface area contributed by atoms with E-state index in [0.29, 0.717) is 40.4 Å². The number of hydrogen-bond acceptors (Lipinski definition) is 5. The zero-order valence-corrected chi connectivity index (χ0v) is 18.2. The predicted octanol–water partition coefficient (Wildman–Crippen LogP) is 4.30. The minimum absolute atomic E-state index is 0.157. The van der Waals surface area contributed by atoms with Gasteiger partial charge < -0.3 is 9.47 Å². The highest BCUT2D eigenvalue weighted by atomic mass is 79.9. The number of barbiturate groups is 1. The summed E-state index contributed by atoms with van der Waals surface area (Å²) in [6.45, 7) is 4.79. The second-order valence-electron chi connectivity index (χ2n) is 6.40. The first-order valence-corrected chi connectivity index (χ1v) is 10.3. The van der Waals surface area contributed by atoms with Gasteiger partial charge in [-0.2, -0.15) is 0 Å². The van der Waals surface area contributed by atoms with E-state index in [1.54, 1.807) is 42.5 Å². The van der Waals surface area contributed by atoms with Gasteiger partial charge in [-0.15, -0.1) is 0 Å². The number of amides is 4. The Kier molecular flexibility index (Phi) is 6.89. The maximum atomic E-state index is 13.0. The first-order valence-electron chi connectivity index (χ1n) is 9.51. The molecule has 156 valence electrons. The van der Waals surface area contributed by atoms with Crippen LogP contribution >= 0.6 is 15.9 Å². The molecule has 1 fully saturated rings. The normalized spacial score (nSPS) is 15.4. The topological polar surface area (TPSA) is 84.9 Å². The van der Waals surface area contributed by atoms with Gasteiger partial charge in [-0.3, -0.25) is 14.9 Å². The smallest absolute Gasteiger partial charge is 0.335 e. The number of nitrogens with one attached hydrogen (secondary N) is 1. The summed E-state index contributed by atoms with van der Waals surface area (Å²) < 4.78 is 12.1. The molecule has 0 saturated carbocycles. The number of carbonyl (C=O) groups is 3. The van der Waals surface area contributed by atoms with Crippen molar-refractivity contribution in [3.05, 3.63) is 58.1 Å². The van der Waals surface area contributed by atoms with Crippen LogP contribution in [0.2, 0.25) is 0 Å². The van der Waals surface area contributed by atoms with Crippen molar-refractivity contribution in [2.45, 2.75) is 20.3 Å². The van der Waals surface area contributed by atoms with E-state index in [1.807, 2.05) is 13.8 Å². The van der Waals surface area contributed by atoms with E-state index in [0.717, 1.165) is 11.3 Å². The van der Waals surface area contributed by atoms with E-state index in [2.05, 4.69) is 21.2 Å². The fraction of sp³-hybridized carbons (Fsp3) is 0.227. The Bertz CT molecular complexity index is 1000. The average molecular weight is 473 g/mol. The fourth-order valence-electron chi connectivity index (χ4n) is 2.91. The van der Waals surface area contributed by atoms with Gasteiger partial charge in [-0.1, -0.05) is 25.1 Å². The van der Waals surface area contributed by atoms with Gasteiger partial charge in [0.15, 0.2) is 11.5 Å². The summed E-state index contributed by atoms with van der Waals surface area (Å²) in [6.07, 6.45) is 2.26. The molecular weight excluding hydrogens is 452 g/mol. The number of imide groups is 2. The second kappa shape index (κ2) is 9.58. The number of ether oxygens (including phenoxy) is 2. The summed E-state index contributed by atoms with van der Waals surface area (Å²) in [5.41, 5.74) is 0.767. The summed E-state index contributed by atoms with van der Waals surface area (Å²) in [7, 11) is 0. The third-order valence-electron chi connectivity index (χ3n) is 4.21. The van der Waals surface area contributed by atoms with Crippen molar-refractivity contribution in [1.82, 2.24) is 5.32 Å². The van der Waals surface area contributed by atoms with Crippen LogP contribution in [0.4, 0.5) is 10.5 Å². The van der Waals surface area contributed by atoms with E-state index in [9.17, 15) is 14.4 Å². The van der Waals surface area contributed by atoms with Crippen molar-refractivity contribution in [2.75, 3.05) is 18.1 Å². The van der Waals surface area contributed by atoms with E-state index < -0.39 is 17.8 Å². The van der Waals surface area contributed by atoms with Gasteiger partial charge in [0.1, 0.15) is 5.57 Å². The third kappa shape index (κ3) is 4.54. The Morgan fingerprint density at radius 3 is 2.47 bits per heavy atom. The van der Waals surface area contributed by atoms with Gasteiger partial charge in [0, 0.05) is 0 Å². The zero-order valence-electron chi connectivity index (χ0n) is 16.6. The summed E-state index contributed by atoms with van der Waals surface area (Å²) in [5.74, 6) is -0.402. The number of anilines is 1. The average Bonchev–Trinajstić information content (AvgIpc) is 2.71. The third-order valence-corrected chi connectivity index (χ3v) is 4.80. The monoisotopic (exact) mass is 472 g/mol. The SMILES string of the molecule is CCCOc1c(Br)cc(/C=C2\C(=O)NC(=O)N(c3ccccc3)C2=O)cc1OCC. The number of para-hydroxylation sites is 1. The summed E-state index contributed by atoms with van der Waals surface area (Å²) in [5, 5.41) is 2.21.